The van der Waals surface area contributed by atoms with Crippen LogP contribution in [0, 0.1) is 0 Å². The van der Waals surface area contributed by atoms with E-state index >= 15 is 0 Å². The van der Waals surface area contributed by atoms with Crippen LogP contribution in [0.25, 0.3) is 0 Å². The van der Waals surface area contributed by atoms with Crippen molar-refractivity contribution in [2.75, 3.05) is 0 Å². The number of oxime groups is 1. The van der Waals surface area contributed by atoms with Gasteiger partial charge in [0.25, 0.3) is 0 Å². The largest absolute Gasteiger partial charge is 0.409 e. The maximum Gasteiger partial charge on any atom is 0.170 e. The highest BCUT2D eigenvalue weighted by Gasteiger charge is 2.05. The summed E-state index contributed by atoms with van der Waals surface area (Å²) in [5.74, 6) is 1.73. The highest BCUT2D eigenvalue weighted by molar-refractivity contribution is 7.97. The molecule has 0 heterocycles. The van der Waals surface area contributed by atoms with Crippen LogP contribution in [0.15, 0.2) is 47.6 Å². The molecule has 2 aromatic rings. The fourth-order valence-electron chi connectivity index (χ4n) is 1.74. The number of nitrogens with zero attached hydrogens (tertiary/aromatic N) is 1. The Hall–Kier alpha value is -1.36. The minimum atomic E-state index is 0.0530. The smallest absolute Gasteiger partial charge is 0.170 e. The van der Waals surface area contributed by atoms with E-state index in [-0.39, 0.29) is 5.84 Å². The Morgan fingerprint density at radius 2 is 1.81 bits per heavy atom. The molecule has 0 unspecified atom stereocenters. The van der Waals surface area contributed by atoms with Gasteiger partial charge in [-0.25, -0.2) is 0 Å². The first kappa shape index (κ1) is 16.0. The normalized spacial score (nSPS) is 11.6. The van der Waals surface area contributed by atoms with Gasteiger partial charge in [-0.1, -0.05) is 52.6 Å². The van der Waals surface area contributed by atoms with E-state index < -0.39 is 0 Å². The number of amidine groups is 1. The predicted octanol–water partition coefficient (Wildman–Crippen LogP) is 4.52. The van der Waals surface area contributed by atoms with Gasteiger partial charge < -0.3 is 10.9 Å². The molecule has 110 valence electrons. The Bertz CT molecular complexity index is 645. The Labute approximate surface area is 137 Å². The maximum atomic E-state index is 8.64. The van der Waals surface area contributed by atoms with Gasteiger partial charge in [-0.3, -0.25) is 0 Å². The number of nitrogens with two attached hydrogens (primary N) is 1. The van der Waals surface area contributed by atoms with Gasteiger partial charge in [0.05, 0.1) is 0 Å². The Morgan fingerprint density at radius 1 is 1.10 bits per heavy atom. The van der Waals surface area contributed by atoms with Gasteiger partial charge in [-0.05, 0) is 29.3 Å². The van der Waals surface area contributed by atoms with E-state index in [1.807, 2.05) is 30.3 Å². The van der Waals surface area contributed by atoms with Gasteiger partial charge in [-0.2, -0.15) is 11.8 Å². The second kappa shape index (κ2) is 7.59. The minimum absolute atomic E-state index is 0.0530. The molecule has 0 bridgehead atoms. The lowest BCUT2D eigenvalue weighted by atomic mass is 10.1. The zero-order chi connectivity index (χ0) is 15.2. The topological polar surface area (TPSA) is 58.6 Å². The van der Waals surface area contributed by atoms with Gasteiger partial charge in [0, 0.05) is 27.1 Å². The van der Waals surface area contributed by atoms with Gasteiger partial charge in [0.1, 0.15) is 0 Å². The highest BCUT2D eigenvalue weighted by Crippen LogP contribution is 2.25. The van der Waals surface area contributed by atoms with E-state index in [4.69, 9.17) is 34.1 Å². The van der Waals surface area contributed by atoms with Crippen molar-refractivity contribution < 1.29 is 5.21 Å². The third kappa shape index (κ3) is 4.56. The van der Waals surface area contributed by atoms with E-state index in [1.165, 1.54) is 5.56 Å². The van der Waals surface area contributed by atoms with Gasteiger partial charge in [0.15, 0.2) is 5.84 Å². The summed E-state index contributed by atoms with van der Waals surface area (Å²) in [6.07, 6.45) is 0. The number of hydrogen-bond donors (Lipinski definition) is 2. The van der Waals surface area contributed by atoms with Crippen LogP contribution in [-0.4, -0.2) is 11.0 Å². The number of benzene rings is 2. The number of hydrogen-bond acceptors (Lipinski definition) is 3. The molecule has 0 saturated carbocycles. The van der Waals surface area contributed by atoms with Crippen LogP contribution in [0.5, 0.6) is 0 Å². The molecule has 0 fully saturated rings. The molecule has 2 aromatic carbocycles. The summed E-state index contributed by atoms with van der Waals surface area (Å²) in [6.45, 7) is 0. The van der Waals surface area contributed by atoms with Crippen LogP contribution >= 0.6 is 35.0 Å². The van der Waals surface area contributed by atoms with Crippen molar-refractivity contribution in [2.24, 2.45) is 10.9 Å². The molecular weight excluding hydrogens is 327 g/mol. The molecular formula is C15H14Cl2N2OS. The summed E-state index contributed by atoms with van der Waals surface area (Å²) < 4.78 is 0. The number of halogens is 2. The van der Waals surface area contributed by atoms with Gasteiger partial charge >= 0.3 is 0 Å². The third-order valence-corrected chi connectivity index (χ3v) is 4.55. The van der Waals surface area contributed by atoms with Crippen LogP contribution in [-0.2, 0) is 11.5 Å². The summed E-state index contributed by atoms with van der Waals surface area (Å²) in [4.78, 5) is 0. The van der Waals surface area contributed by atoms with Crippen molar-refractivity contribution in [1.82, 2.24) is 0 Å². The summed E-state index contributed by atoms with van der Waals surface area (Å²) in [6, 6.07) is 13.2. The monoisotopic (exact) mass is 340 g/mol. The van der Waals surface area contributed by atoms with Crippen LogP contribution in [0.4, 0.5) is 0 Å². The quantitative estimate of drug-likeness (QED) is 0.364. The Kier molecular flexibility index (Phi) is 5.79. The van der Waals surface area contributed by atoms with Crippen LogP contribution < -0.4 is 5.73 Å². The predicted molar refractivity (Wildman–Crippen MR) is 90.4 cm³/mol. The van der Waals surface area contributed by atoms with Crippen LogP contribution in [0.2, 0.25) is 10.0 Å². The minimum Gasteiger partial charge on any atom is -0.409 e. The van der Waals surface area contributed by atoms with Crippen molar-refractivity contribution in [3.63, 3.8) is 0 Å². The molecule has 0 aliphatic rings. The second-order valence-corrected chi connectivity index (χ2v) is 6.24. The molecule has 3 N–H and O–H groups in total. The summed E-state index contributed by atoms with van der Waals surface area (Å²) in [7, 11) is 0. The maximum absolute atomic E-state index is 8.64. The van der Waals surface area contributed by atoms with E-state index in [0.717, 1.165) is 22.1 Å². The number of rotatable bonds is 5. The van der Waals surface area contributed by atoms with Crippen molar-refractivity contribution in [1.29, 1.82) is 0 Å². The molecule has 6 heteroatoms. The first-order valence-electron chi connectivity index (χ1n) is 6.18. The fourth-order valence-corrected chi connectivity index (χ4v) is 3.20. The third-order valence-electron chi connectivity index (χ3n) is 2.90. The Morgan fingerprint density at radius 3 is 2.43 bits per heavy atom. The molecule has 2 rings (SSSR count). The van der Waals surface area contributed by atoms with E-state index in [0.29, 0.717) is 10.6 Å². The lowest BCUT2D eigenvalue weighted by Crippen LogP contribution is -2.12. The summed E-state index contributed by atoms with van der Waals surface area (Å²) >= 11 is 13.8. The van der Waals surface area contributed by atoms with Crippen molar-refractivity contribution in [3.8, 4) is 0 Å². The van der Waals surface area contributed by atoms with Crippen molar-refractivity contribution in [3.05, 3.63) is 69.2 Å². The zero-order valence-electron chi connectivity index (χ0n) is 11.1. The molecule has 0 spiro atoms. The van der Waals surface area contributed by atoms with Gasteiger partial charge in [-0.15, -0.1) is 0 Å². The lowest BCUT2D eigenvalue weighted by molar-refractivity contribution is 0.318. The van der Waals surface area contributed by atoms with E-state index in [1.54, 1.807) is 23.9 Å². The SMILES string of the molecule is N/C(=N/O)c1ccc(CSCc2ccc(Cl)cc2)c(Cl)c1. The van der Waals surface area contributed by atoms with E-state index in [9.17, 15) is 0 Å². The standard InChI is InChI=1S/C15H14Cl2N2OS/c16-13-5-1-10(2-6-13)8-21-9-12-4-3-11(7-14(12)17)15(18)19-20/h1-7,20H,8-9H2,(H2,18,19). The van der Waals surface area contributed by atoms with Crippen molar-refractivity contribution >= 4 is 40.8 Å². The second-order valence-electron chi connectivity index (χ2n) is 4.41. The first-order valence-corrected chi connectivity index (χ1v) is 8.09. The average Bonchev–Trinajstić information content (AvgIpc) is 2.50. The zero-order valence-corrected chi connectivity index (χ0v) is 13.4. The first-order chi connectivity index (χ1) is 10.1. The average molecular weight is 341 g/mol. The fraction of sp³-hybridized carbons (Fsp3) is 0.133. The van der Waals surface area contributed by atoms with Crippen LogP contribution in [0.1, 0.15) is 16.7 Å². The molecule has 0 atom stereocenters. The molecule has 0 aliphatic carbocycles. The van der Waals surface area contributed by atoms with E-state index in [2.05, 4.69) is 5.16 Å². The summed E-state index contributed by atoms with van der Waals surface area (Å²) in [5, 5.41) is 13.0. The highest BCUT2D eigenvalue weighted by atomic mass is 35.5. The molecule has 0 amide bonds. The van der Waals surface area contributed by atoms with Gasteiger partial charge in [0.2, 0.25) is 0 Å². The Balaban J connectivity index is 1.96. The molecule has 0 aliphatic heterocycles. The molecule has 0 saturated heterocycles. The molecule has 0 aromatic heterocycles. The molecule has 21 heavy (non-hydrogen) atoms. The lowest BCUT2D eigenvalue weighted by Gasteiger charge is -2.07. The van der Waals surface area contributed by atoms with Crippen LogP contribution in [0.3, 0.4) is 0 Å². The summed E-state index contributed by atoms with van der Waals surface area (Å²) in [5.41, 5.74) is 8.37. The molecule has 3 nitrogen and oxygen atoms in total. The molecule has 0 radical (unpaired) electrons. The van der Waals surface area contributed by atoms with Crippen molar-refractivity contribution in [2.45, 2.75) is 11.5 Å². The number of thioether (sulfide) groups is 1.